The first kappa shape index (κ1) is 24.8. The van der Waals surface area contributed by atoms with Crippen molar-refractivity contribution in [1.29, 1.82) is 0 Å². The van der Waals surface area contributed by atoms with Crippen LogP contribution in [0.15, 0.2) is 91.0 Å². The summed E-state index contributed by atoms with van der Waals surface area (Å²) in [5.74, 6) is -0.955. The molecule has 0 amide bonds. The van der Waals surface area contributed by atoms with E-state index in [9.17, 15) is 14.4 Å². The third-order valence-electron chi connectivity index (χ3n) is 6.72. The summed E-state index contributed by atoms with van der Waals surface area (Å²) in [6.45, 7) is -0.161. The first-order valence-corrected chi connectivity index (χ1v) is 12.5. The van der Waals surface area contributed by atoms with Crippen molar-refractivity contribution in [1.82, 2.24) is 0 Å². The van der Waals surface area contributed by atoms with Crippen LogP contribution in [0.2, 0.25) is 5.02 Å². The maximum atomic E-state index is 13.0. The Morgan fingerprint density at radius 1 is 0.973 bits per heavy atom. The summed E-state index contributed by atoms with van der Waals surface area (Å²) >= 11 is 5.95. The highest BCUT2D eigenvalue weighted by Crippen LogP contribution is 2.43. The van der Waals surface area contributed by atoms with Gasteiger partial charge in [0.25, 0.3) is 0 Å². The number of rotatable bonds is 8. The highest BCUT2D eigenvalue weighted by atomic mass is 35.5. The highest BCUT2D eigenvalue weighted by Gasteiger charge is 2.50. The number of carbonyl (C=O) groups excluding carboxylic acids is 3. The summed E-state index contributed by atoms with van der Waals surface area (Å²) < 4.78 is 16.8. The summed E-state index contributed by atoms with van der Waals surface area (Å²) in [6, 6.07) is 23.9. The first-order chi connectivity index (χ1) is 18.0. The number of fused-ring (bicyclic) bond motifs is 1. The fourth-order valence-electron chi connectivity index (χ4n) is 4.90. The van der Waals surface area contributed by atoms with Crippen LogP contribution in [0.5, 0.6) is 5.75 Å². The van der Waals surface area contributed by atoms with Crippen molar-refractivity contribution in [3.8, 4) is 16.9 Å². The molecule has 1 aliphatic heterocycles. The predicted octanol–water partition coefficient (Wildman–Crippen LogP) is 5.69. The van der Waals surface area contributed by atoms with Crippen molar-refractivity contribution in [2.45, 2.75) is 25.0 Å². The fraction of sp³-hybridized carbons (Fsp3) is 0.233. The molecule has 0 spiro atoms. The Bertz CT molecular complexity index is 1320. The van der Waals surface area contributed by atoms with Crippen molar-refractivity contribution >= 4 is 29.3 Å². The average molecular weight is 517 g/mol. The largest absolute Gasteiger partial charge is 0.485 e. The van der Waals surface area contributed by atoms with Gasteiger partial charge in [-0.3, -0.25) is 9.59 Å². The van der Waals surface area contributed by atoms with Gasteiger partial charge in [-0.15, -0.1) is 0 Å². The lowest BCUT2D eigenvalue weighted by molar-refractivity contribution is -0.141. The molecular formula is C30H25ClO6. The summed E-state index contributed by atoms with van der Waals surface area (Å²) in [5, 5.41) is 0.516. The standard InChI is InChI=1S/C30H25ClO6/c31-22-7-4-8-24(15-22)35-18-23(32)13-14-25-26-16-29(33)36-28(26)17-27(25)37-30(34)21-11-9-20(10-12-21)19-5-2-1-3-6-19/h1-15,25-28H,16-18H2/b14-13+/t25-,26+,27+,28+/m0/s1. The van der Waals surface area contributed by atoms with Crippen LogP contribution in [-0.4, -0.2) is 36.5 Å². The molecule has 6 nitrogen and oxygen atoms in total. The molecule has 0 radical (unpaired) electrons. The Balaban J connectivity index is 1.24. The fourth-order valence-corrected chi connectivity index (χ4v) is 5.08. The van der Waals surface area contributed by atoms with Gasteiger partial charge in [0.05, 0.1) is 12.0 Å². The van der Waals surface area contributed by atoms with E-state index in [0.717, 1.165) is 11.1 Å². The van der Waals surface area contributed by atoms with Gasteiger partial charge in [0.1, 0.15) is 18.0 Å². The van der Waals surface area contributed by atoms with Gasteiger partial charge in [-0.05, 0) is 47.5 Å². The van der Waals surface area contributed by atoms with E-state index >= 15 is 0 Å². The van der Waals surface area contributed by atoms with Crippen molar-refractivity contribution in [3.63, 3.8) is 0 Å². The second-order valence-corrected chi connectivity index (χ2v) is 9.60. The molecule has 0 bridgehead atoms. The molecule has 4 atom stereocenters. The van der Waals surface area contributed by atoms with E-state index in [2.05, 4.69) is 0 Å². The van der Waals surface area contributed by atoms with Gasteiger partial charge in [0, 0.05) is 23.3 Å². The maximum absolute atomic E-state index is 13.0. The molecule has 5 rings (SSSR count). The molecule has 1 saturated heterocycles. The molecule has 1 heterocycles. The number of benzene rings is 3. The smallest absolute Gasteiger partial charge is 0.338 e. The Labute approximate surface area is 219 Å². The van der Waals surface area contributed by atoms with Gasteiger partial charge < -0.3 is 14.2 Å². The van der Waals surface area contributed by atoms with Crippen LogP contribution in [0, 0.1) is 11.8 Å². The van der Waals surface area contributed by atoms with Gasteiger partial charge in [-0.2, -0.15) is 0 Å². The highest BCUT2D eigenvalue weighted by molar-refractivity contribution is 6.30. The minimum Gasteiger partial charge on any atom is -0.485 e. The summed E-state index contributed by atoms with van der Waals surface area (Å²) in [4.78, 5) is 37.3. The third-order valence-corrected chi connectivity index (χ3v) is 6.95. The Hall–Kier alpha value is -3.90. The number of ketones is 1. The lowest BCUT2D eigenvalue weighted by Gasteiger charge is -2.20. The maximum Gasteiger partial charge on any atom is 0.338 e. The Morgan fingerprint density at radius 2 is 1.73 bits per heavy atom. The van der Waals surface area contributed by atoms with Crippen molar-refractivity contribution in [2.24, 2.45) is 11.8 Å². The molecule has 1 saturated carbocycles. The number of hydrogen-bond donors (Lipinski definition) is 0. The van der Waals surface area contributed by atoms with Crippen LogP contribution in [0.1, 0.15) is 23.2 Å². The number of halogens is 1. The molecule has 2 fully saturated rings. The molecular weight excluding hydrogens is 492 g/mol. The second-order valence-electron chi connectivity index (χ2n) is 9.17. The van der Waals surface area contributed by atoms with Crippen LogP contribution in [0.25, 0.3) is 11.1 Å². The lowest BCUT2D eigenvalue weighted by atomic mass is 9.91. The molecule has 37 heavy (non-hydrogen) atoms. The van der Waals surface area contributed by atoms with Crippen LogP contribution in [-0.2, 0) is 19.1 Å². The second kappa shape index (κ2) is 11.0. The molecule has 7 heteroatoms. The normalized spacial score (nSPS) is 22.5. The van der Waals surface area contributed by atoms with E-state index in [1.54, 1.807) is 42.5 Å². The zero-order valence-corrected chi connectivity index (χ0v) is 20.7. The van der Waals surface area contributed by atoms with E-state index in [0.29, 0.717) is 22.8 Å². The summed E-state index contributed by atoms with van der Waals surface area (Å²) in [5.41, 5.74) is 2.49. The molecule has 188 valence electrons. The molecule has 2 aliphatic rings. The number of carbonyl (C=O) groups is 3. The number of ether oxygens (including phenoxy) is 3. The molecule has 3 aromatic rings. The van der Waals surface area contributed by atoms with Gasteiger partial charge in [0.15, 0.2) is 12.4 Å². The van der Waals surface area contributed by atoms with Crippen molar-refractivity contribution < 1.29 is 28.6 Å². The SMILES string of the molecule is O=C(/C=C/[C@H]1[C@H]2CC(=O)O[C@@H]2C[C@H]1OC(=O)c1ccc(-c2ccccc2)cc1)COc1cccc(Cl)c1. The number of esters is 2. The van der Waals surface area contributed by atoms with Crippen LogP contribution in [0.3, 0.4) is 0 Å². The Kier molecular flexibility index (Phi) is 7.37. The molecule has 0 N–H and O–H groups in total. The summed E-state index contributed by atoms with van der Waals surface area (Å²) in [6.07, 6.45) is 2.92. The minimum atomic E-state index is -0.512. The zero-order valence-electron chi connectivity index (χ0n) is 19.9. The van der Waals surface area contributed by atoms with E-state index in [-0.39, 0.29) is 42.7 Å². The molecule has 0 aromatic heterocycles. The average Bonchev–Trinajstić information content (AvgIpc) is 3.42. The van der Waals surface area contributed by atoms with Gasteiger partial charge >= 0.3 is 11.9 Å². The third kappa shape index (κ3) is 5.92. The van der Waals surface area contributed by atoms with E-state index in [1.165, 1.54) is 6.08 Å². The predicted molar refractivity (Wildman–Crippen MR) is 138 cm³/mol. The topological polar surface area (TPSA) is 78.9 Å². The molecule has 3 aromatic carbocycles. The van der Waals surface area contributed by atoms with Gasteiger partial charge in [0.2, 0.25) is 0 Å². The van der Waals surface area contributed by atoms with E-state index in [4.69, 9.17) is 25.8 Å². The van der Waals surface area contributed by atoms with Crippen LogP contribution >= 0.6 is 11.6 Å². The van der Waals surface area contributed by atoms with E-state index < -0.39 is 12.1 Å². The van der Waals surface area contributed by atoms with Crippen LogP contribution < -0.4 is 4.74 Å². The van der Waals surface area contributed by atoms with Gasteiger partial charge in [-0.25, -0.2) is 4.79 Å². The number of hydrogen-bond acceptors (Lipinski definition) is 6. The van der Waals surface area contributed by atoms with Gasteiger partial charge in [-0.1, -0.05) is 66.2 Å². The summed E-state index contributed by atoms with van der Waals surface area (Å²) in [7, 11) is 0. The van der Waals surface area contributed by atoms with Crippen LogP contribution in [0.4, 0.5) is 0 Å². The monoisotopic (exact) mass is 516 g/mol. The first-order valence-electron chi connectivity index (χ1n) is 12.1. The molecule has 1 aliphatic carbocycles. The van der Waals surface area contributed by atoms with Crippen molar-refractivity contribution in [2.75, 3.05) is 6.61 Å². The quantitative estimate of drug-likeness (QED) is 0.283. The Morgan fingerprint density at radius 3 is 2.49 bits per heavy atom. The minimum absolute atomic E-state index is 0.149. The van der Waals surface area contributed by atoms with E-state index in [1.807, 2.05) is 42.5 Å². The molecule has 0 unspecified atom stereocenters. The zero-order chi connectivity index (χ0) is 25.8. The lowest BCUT2D eigenvalue weighted by Crippen LogP contribution is -2.25. The van der Waals surface area contributed by atoms with Crippen molar-refractivity contribution in [3.05, 3.63) is 102 Å².